The second-order valence-corrected chi connectivity index (χ2v) is 9.85. The molecule has 0 saturated carbocycles. The normalized spacial score (nSPS) is 21.2. The lowest BCUT2D eigenvalue weighted by Gasteiger charge is -2.35. The van der Waals surface area contributed by atoms with Gasteiger partial charge in [-0.3, -0.25) is 4.90 Å². The van der Waals surface area contributed by atoms with Crippen LogP contribution in [0.25, 0.3) is 10.9 Å². The number of carbonyl (C=O) groups is 1. The van der Waals surface area contributed by atoms with E-state index >= 15 is 0 Å². The summed E-state index contributed by atoms with van der Waals surface area (Å²) in [6, 6.07) is 13.5. The van der Waals surface area contributed by atoms with Crippen LogP contribution >= 0.6 is 11.6 Å². The van der Waals surface area contributed by atoms with Gasteiger partial charge in [0.1, 0.15) is 11.8 Å². The van der Waals surface area contributed by atoms with Crippen molar-refractivity contribution in [2.75, 3.05) is 26.4 Å². The van der Waals surface area contributed by atoms with E-state index in [1.807, 2.05) is 63.2 Å². The summed E-state index contributed by atoms with van der Waals surface area (Å²) in [5.74, 6) is 0.248. The van der Waals surface area contributed by atoms with Crippen LogP contribution in [0.2, 0.25) is 5.02 Å². The summed E-state index contributed by atoms with van der Waals surface area (Å²) in [6.07, 6.45) is 1.21. The van der Waals surface area contributed by atoms with Gasteiger partial charge in [-0.15, -0.1) is 0 Å². The van der Waals surface area contributed by atoms with Gasteiger partial charge in [-0.1, -0.05) is 23.7 Å². The first-order chi connectivity index (χ1) is 16.8. The molecule has 2 aromatic carbocycles. The first-order valence-corrected chi connectivity index (χ1v) is 12.5. The van der Waals surface area contributed by atoms with Crippen LogP contribution < -0.4 is 4.74 Å². The Bertz CT molecular complexity index is 1210. The second-order valence-electron chi connectivity index (χ2n) is 9.41. The lowest BCUT2D eigenvalue weighted by Crippen LogP contribution is -2.40. The van der Waals surface area contributed by atoms with Gasteiger partial charge in [0.05, 0.1) is 25.9 Å². The Morgan fingerprint density at radius 2 is 2.03 bits per heavy atom. The van der Waals surface area contributed by atoms with Crippen LogP contribution in [0.4, 0.5) is 4.79 Å². The fourth-order valence-electron chi connectivity index (χ4n) is 4.97. The molecule has 1 N–H and O–H groups in total. The molecule has 35 heavy (non-hydrogen) atoms. The van der Waals surface area contributed by atoms with Crippen LogP contribution in [-0.2, 0) is 20.6 Å². The maximum absolute atomic E-state index is 12.9. The van der Waals surface area contributed by atoms with Crippen molar-refractivity contribution in [1.29, 1.82) is 0 Å². The third-order valence-corrected chi connectivity index (χ3v) is 6.80. The summed E-state index contributed by atoms with van der Waals surface area (Å²) in [6.45, 7) is 7.68. The number of carbonyl (C=O) groups excluding carboxylic acids is 1. The van der Waals surface area contributed by atoms with E-state index in [4.69, 9.17) is 30.5 Å². The van der Waals surface area contributed by atoms with Crippen LogP contribution in [-0.4, -0.2) is 54.2 Å². The van der Waals surface area contributed by atoms with Crippen molar-refractivity contribution >= 4 is 28.6 Å². The van der Waals surface area contributed by atoms with E-state index in [1.54, 1.807) is 4.90 Å². The zero-order valence-corrected chi connectivity index (χ0v) is 21.1. The number of H-pyrrole nitrogens is 1. The quantitative estimate of drug-likeness (QED) is 0.461. The first kappa shape index (κ1) is 24.0. The van der Waals surface area contributed by atoms with Crippen LogP contribution in [0.1, 0.15) is 50.1 Å². The van der Waals surface area contributed by atoms with E-state index in [2.05, 4.69) is 4.98 Å². The zero-order chi connectivity index (χ0) is 24.6. The Kier molecular flexibility index (Phi) is 6.66. The summed E-state index contributed by atoms with van der Waals surface area (Å²) in [4.78, 5) is 18.2. The Labute approximate surface area is 210 Å². The van der Waals surface area contributed by atoms with Gasteiger partial charge in [-0.05, 0) is 68.7 Å². The van der Waals surface area contributed by atoms with Crippen LogP contribution in [0.5, 0.6) is 5.75 Å². The highest BCUT2D eigenvalue weighted by molar-refractivity contribution is 6.31. The topological polar surface area (TPSA) is 73.0 Å². The number of halogens is 1. The van der Waals surface area contributed by atoms with Crippen molar-refractivity contribution in [2.45, 2.75) is 51.5 Å². The van der Waals surface area contributed by atoms with Gasteiger partial charge in [-0.2, -0.15) is 0 Å². The Balaban J connectivity index is 1.37. The molecular weight excluding hydrogens is 468 g/mol. The first-order valence-electron chi connectivity index (χ1n) is 12.1. The molecule has 2 atom stereocenters. The van der Waals surface area contributed by atoms with Crippen LogP contribution in [0.15, 0.2) is 42.5 Å². The molecule has 186 valence electrons. The highest BCUT2D eigenvalue weighted by atomic mass is 35.5. The predicted octanol–water partition coefficient (Wildman–Crippen LogP) is 5.85. The highest BCUT2D eigenvalue weighted by Crippen LogP contribution is 2.39. The number of rotatable bonds is 6. The number of aromatic amines is 1. The summed E-state index contributed by atoms with van der Waals surface area (Å²) in [7, 11) is 0. The number of amides is 1. The average molecular weight is 499 g/mol. The maximum atomic E-state index is 12.9. The number of fused-ring (bicyclic) bond motifs is 3. The average Bonchev–Trinajstić information content (AvgIpc) is 3.38. The summed E-state index contributed by atoms with van der Waals surface area (Å²) in [5, 5.41) is 1.80. The number of nitrogens with zero attached hydrogens (tertiary/aromatic N) is 1. The fraction of sp³-hybridized carbons (Fsp3) is 0.444. The smallest absolute Gasteiger partial charge is 0.410 e. The van der Waals surface area contributed by atoms with Gasteiger partial charge in [0.25, 0.3) is 0 Å². The third kappa shape index (κ3) is 4.99. The molecule has 5 rings (SSSR count). The number of ether oxygens (including phenoxy) is 4. The summed E-state index contributed by atoms with van der Waals surface area (Å²) in [5.41, 5.74) is 4.18. The largest absolute Gasteiger partial charge is 0.493 e. The molecule has 2 aliphatic heterocycles. The van der Waals surface area contributed by atoms with Gasteiger partial charge in [0.2, 0.25) is 0 Å². The van der Waals surface area contributed by atoms with E-state index in [9.17, 15) is 4.79 Å². The molecule has 0 aliphatic carbocycles. The number of aromatic nitrogens is 1. The molecule has 0 unspecified atom stereocenters. The predicted molar refractivity (Wildman–Crippen MR) is 134 cm³/mol. The molecule has 8 heteroatoms. The molecule has 1 amide bonds. The highest BCUT2D eigenvalue weighted by Gasteiger charge is 2.35. The van der Waals surface area contributed by atoms with Gasteiger partial charge in [-0.25, -0.2) is 4.79 Å². The minimum atomic E-state index is -0.524. The number of benzene rings is 2. The van der Waals surface area contributed by atoms with Crippen molar-refractivity contribution in [2.24, 2.45) is 0 Å². The molecule has 0 bridgehead atoms. The van der Waals surface area contributed by atoms with Crippen LogP contribution in [0, 0.1) is 0 Å². The number of nitrogens with one attached hydrogen (secondary N) is 1. The van der Waals surface area contributed by atoms with E-state index < -0.39 is 5.79 Å². The Morgan fingerprint density at radius 3 is 2.74 bits per heavy atom. The molecule has 2 aliphatic rings. The maximum Gasteiger partial charge on any atom is 0.410 e. The third-order valence-electron chi connectivity index (χ3n) is 6.56. The molecular formula is C27H31ClN2O5. The standard InChI is InChI=1S/C27H31ClN2O5/c1-4-32-26(31)30-13-11-21-22-15-18(28)7-10-23(22)29-24(21)25(30)17-5-8-19(9-6-17)33-14-12-20-16-34-27(2,3)35-20/h5-10,15,20,25,29H,4,11-14,16H2,1-3H3/t20-,25-/m0/s1. The van der Waals surface area contributed by atoms with E-state index in [1.165, 1.54) is 5.56 Å². The van der Waals surface area contributed by atoms with Crippen molar-refractivity contribution < 1.29 is 23.7 Å². The second kappa shape index (κ2) is 9.72. The van der Waals surface area contributed by atoms with Gasteiger partial charge < -0.3 is 23.9 Å². The van der Waals surface area contributed by atoms with E-state index in [-0.39, 0.29) is 18.2 Å². The molecule has 3 heterocycles. The Hall–Kier alpha value is -2.74. The molecule has 7 nitrogen and oxygen atoms in total. The molecule has 1 fully saturated rings. The monoisotopic (exact) mass is 498 g/mol. The molecule has 1 saturated heterocycles. The SMILES string of the molecule is CCOC(=O)N1CCc2c([nH]c3ccc(Cl)cc23)[C@@H]1c1ccc(OCC[C@H]2COC(C)(C)O2)cc1. The summed E-state index contributed by atoms with van der Waals surface area (Å²) >= 11 is 6.28. The van der Waals surface area contributed by atoms with Gasteiger partial charge in [0, 0.05) is 34.6 Å². The van der Waals surface area contributed by atoms with Crippen molar-refractivity contribution in [3.8, 4) is 5.75 Å². The fourth-order valence-corrected chi connectivity index (χ4v) is 5.14. The minimum absolute atomic E-state index is 0.0404. The summed E-state index contributed by atoms with van der Waals surface area (Å²) < 4.78 is 22.8. The van der Waals surface area contributed by atoms with E-state index in [0.717, 1.165) is 40.8 Å². The lowest BCUT2D eigenvalue weighted by atomic mass is 9.92. The molecule has 0 spiro atoms. The number of hydrogen-bond donors (Lipinski definition) is 1. The van der Waals surface area contributed by atoms with Crippen molar-refractivity contribution in [1.82, 2.24) is 9.88 Å². The Morgan fingerprint density at radius 1 is 1.23 bits per heavy atom. The van der Waals surface area contributed by atoms with Crippen LogP contribution in [0.3, 0.4) is 0 Å². The molecule has 0 radical (unpaired) electrons. The van der Waals surface area contributed by atoms with Crippen molar-refractivity contribution in [3.63, 3.8) is 0 Å². The minimum Gasteiger partial charge on any atom is -0.493 e. The van der Waals surface area contributed by atoms with Gasteiger partial charge in [0.15, 0.2) is 5.79 Å². The molecule has 3 aromatic rings. The van der Waals surface area contributed by atoms with E-state index in [0.29, 0.717) is 31.4 Å². The van der Waals surface area contributed by atoms with Crippen molar-refractivity contribution in [3.05, 3.63) is 64.3 Å². The zero-order valence-electron chi connectivity index (χ0n) is 20.3. The van der Waals surface area contributed by atoms with Gasteiger partial charge >= 0.3 is 6.09 Å². The number of hydrogen-bond acceptors (Lipinski definition) is 5. The molecule has 1 aromatic heterocycles. The lowest BCUT2D eigenvalue weighted by molar-refractivity contribution is -0.139.